The van der Waals surface area contributed by atoms with Crippen molar-refractivity contribution < 1.29 is 14.0 Å². The molecule has 3 fully saturated rings. The summed E-state index contributed by atoms with van der Waals surface area (Å²) in [6.45, 7) is 10.7. The lowest BCUT2D eigenvalue weighted by Crippen LogP contribution is -2.53. The Hall–Kier alpha value is -1.25. The summed E-state index contributed by atoms with van der Waals surface area (Å²) >= 11 is 0. The number of rotatable bonds is 0. The maximum atomic E-state index is 14.2. The van der Waals surface area contributed by atoms with Crippen molar-refractivity contribution in [3.8, 4) is 0 Å². The molecule has 0 saturated heterocycles. The number of hydrogen-bond donors (Lipinski definition) is 0. The number of fused-ring (bicyclic) bond motifs is 5. The van der Waals surface area contributed by atoms with Gasteiger partial charge in [0.1, 0.15) is 0 Å². The highest BCUT2D eigenvalue weighted by Gasteiger charge is 2.63. The van der Waals surface area contributed by atoms with Crippen LogP contribution in [0.5, 0.6) is 0 Å². The van der Waals surface area contributed by atoms with E-state index in [0.29, 0.717) is 24.7 Å². The van der Waals surface area contributed by atoms with Gasteiger partial charge in [0.25, 0.3) is 0 Å². The molecule has 4 rings (SSSR count). The molecule has 0 bridgehead atoms. The zero-order chi connectivity index (χ0) is 17.4. The summed E-state index contributed by atoms with van der Waals surface area (Å²) in [5, 5.41) is 0. The van der Waals surface area contributed by atoms with Gasteiger partial charge in [-0.15, -0.1) is 0 Å². The molecule has 24 heavy (non-hydrogen) atoms. The zero-order valence-electron chi connectivity index (χ0n) is 14.9. The largest absolute Gasteiger partial charge is 0.296 e. The molecule has 0 heterocycles. The van der Waals surface area contributed by atoms with Crippen LogP contribution in [-0.2, 0) is 9.59 Å². The van der Waals surface area contributed by atoms with Crippen molar-refractivity contribution in [2.75, 3.05) is 0 Å². The lowest BCUT2D eigenvalue weighted by atomic mass is 9.45. The minimum atomic E-state index is -1.29. The molecule has 0 spiro atoms. The molecule has 0 unspecified atom stereocenters. The molecular formula is C21H27FO2. The highest BCUT2D eigenvalue weighted by Crippen LogP contribution is 2.66. The van der Waals surface area contributed by atoms with Gasteiger partial charge in [-0.25, -0.2) is 4.39 Å². The fourth-order valence-electron chi connectivity index (χ4n) is 6.66. The molecule has 130 valence electrons. The maximum absolute atomic E-state index is 14.2. The number of ketones is 2. The van der Waals surface area contributed by atoms with E-state index in [-0.39, 0.29) is 28.8 Å². The van der Waals surface area contributed by atoms with Crippen molar-refractivity contribution in [2.45, 2.75) is 59.0 Å². The van der Waals surface area contributed by atoms with Gasteiger partial charge in [-0.05, 0) is 66.4 Å². The smallest absolute Gasteiger partial charge is 0.173 e. The van der Waals surface area contributed by atoms with Gasteiger partial charge in [-0.1, -0.05) is 32.9 Å². The number of carbonyl (C=O) groups is 2. The summed E-state index contributed by atoms with van der Waals surface area (Å²) < 4.78 is 14.2. The molecule has 3 heteroatoms. The van der Waals surface area contributed by atoms with Crippen LogP contribution in [0.25, 0.3) is 0 Å². The van der Waals surface area contributed by atoms with Crippen LogP contribution in [0.2, 0.25) is 0 Å². The van der Waals surface area contributed by atoms with Crippen molar-refractivity contribution in [3.05, 3.63) is 23.8 Å². The van der Waals surface area contributed by atoms with Crippen molar-refractivity contribution in [1.29, 1.82) is 0 Å². The van der Waals surface area contributed by atoms with E-state index in [4.69, 9.17) is 0 Å². The summed E-state index contributed by atoms with van der Waals surface area (Å²) in [5.74, 6) is 1.17. The van der Waals surface area contributed by atoms with Gasteiger partial charge in [-0.2, -0.15) is 0 Å². The summed E-state index contributed by atoms with van der Waals surface area (Å²) in [6.07, 6.45) is 4.05. The number of alkyl halides is 1. The van der Waals surface area contributed by atoms with Gasteiger partial charge in [0.2, 0.25) is 0 Å². The molecule has 0 amide bonds. The van der Waals surface area contributed by atoms with E-state index in [9.17, 15) is 14.0 Å². The van der Waals surface area contributed by atoms with Crippen molar-refractivity contribution >= 4 is 11.6 Å². The molecule has 0 radical (unpaired) electrons. The van der Waals surface area contributed by atoms with E-state index < -0.39 is 11.6 Å². The first kappa shape index (κ1) is 16.2. The van der Waals surface area contributed by atoms with Gasteiger partial charge in [-0.3, -0.25) is 9.59 Å². The van der Waals surface area contributed by atoms with Crippen molar-refractivity contribution in [2.24, 2.45) is 34.5 Å². The average Bonchev–Trinajstić information content (AvgIpc) is 2.74. The molecule has 4 aliphatic carbocycles. The quantitative estimate of drug-likeness (QED) is 0.658. The monoisotopic (exact) mass is 330 g/mol. The van der Waals surface area contributed by atoms with Crippen LogP contribution in [0.15, 0.2) is 23.8 Å². The zero-order valence-corrected chi connectivity index (χ0v) is 14.9. The normalized spacial score (nSPS) is 50.9. The Morgan fingerprint density at radius 2 is 1.92 bits per heavy atom. The molecule has 0 aromatic rings. The first-order valence-corrected chi connectivity index (χ1v) is 9.31. The third kappa shape index (κ3) is 1.82. The predicted octanol–water partition coefficient (Wildman–Crippen LogP) is 4.45. The van der Waals surface area contributed by atoms with Crippen LogP contribution in [-0.4, -0.2) is 17.7 Å². The number of carbonyl (C=O) groups excluding carboxylic acids is 2. The Kier molecular flexibility index (Phi) is 3.31. The lowest BCUT2D eigenvalue weighted by molar-refractivity contribution is -0.135. The van der Waals surface area contributed by atoms with E-state index in [2.05, 4.69) is 20.4 Å². The molecule has 0 N–H and O–H groups in total. The topological polar surface area (TPSA) is 34.1 Å². The van der Waals surface area contributed by atoms with E-state index in [1.54, 1.807) is 0 Å². The van der Waals surface area contributed by atoms with Gasteiger partial charge in [0.15, 0.2) is 17.7 Å². The average molecular weight is 330 g/mol. The van der Waals surface area contributed by atoms with E-state index in [1.807, 2.05) is 13.0 Å². The van der Waals surface area contributed by atoms with Crippen LogP contribution < -0.4 is 0 Å². The Bertz CT molecular complexity index is 677. The standard InChI is InChI=1S/C21H27FO2/c1-11-7-14-15(21(4)12(2)8-13(23)9-16(11)21)5-6-20(3)17(14)10-18(22)19(20)24/h9,12,14-15,17-18H,1,5-8,10H2,2-4H3/t12-,14-,15+,17+,18-,20+,21-/m1/s1. The summed E-state index contributed by atoms with van der Waals surface area (Å²) in [5.41, 5.74) is 1.62. The molecule has 0 aromatic carbocycles. The van der Waals surface area contributed by atoms with E-state index in [1.165, 1.54) is 0 Å². The number of halogens is 1. The first-order chi connectivity index (χ1) is 11.2. The molecule has 3 saturated carbocycles. The van der Waals surface area contributed by atoms with Crippen LogP contribution in [0, 0.1) is 34.5 Å². The number of hydrogen-bond acceptors (Lipinski definition) is 2. The van der Waals surface area contributed by atoms with Crippen LogP contribution in [0.4, 0.5) is 4.39 Å². The fraction of sp³-hybridized carbons (Fsp3) is 0.714. The lowest BCUT2D eigenvalue weighted by Gasteiger charge is -2.59. The Morgan fingerprint density at radius 1 is 1.21 bits per heavy atom. The molecule has 0 aromatic heterocycles. The maximum Gasteiger partial charge on any atom is 0.173 e. The van der Waals surface area contributed by atoms with Crippen LogP contribution in [0.3, 0.4) is 0 Å². The minimum absolute atomic E-state index is 0.0628. The van der Waals surface area contributed by atoms with E-state index in [0.717, 1.165) is 30.4 Å². The third-order valence-corrected chi connectivity index (χ3v) is 8.18. The van der Waals surface area contributed by atoms with Gasteiger partial charge >= 0.3 is 0 Å². The van der Waals surface area contributed by atoms with Crippen molar-refractivity contribution in [3.63, 3.8) is 0 Å². The summed E-state index contributed by atoms with van der Waals surface area (Å²) in [6, 6.07) is 0. The van der Waals surface area contributed by atoms with Gasteiger partial charge < -0.3 is 0 Å². The minimum Gasteiger partial charge on any atom is -0.296 e. The SMILES string of the molecule is C=C1C[C@@H]2[C@H](CC[C@]3(C)C(=O)[C@H](F)C[C@@H]23)[C@]2(C)C1=CC(=O)C[C@H]2C. The molecule has 4 aliphatic rings. The highest BCUT2D eigenvalue weighted by atomic mass is 19.1. The van der Waals surface area contributed by atoms with Crippen LogP contribution in [0.1, 0.15) is 52.9 Å². The molecular weight excluding hydrogens is 303 g/mol. The predicted molar refractivity (Wildman–Crippen MR) is 91.1 cm³/mol. The molecule has 0 aliphatic heterocycles. The van der Waals surface area contributed by atoms with E-state index >= 15 is 0 Å². The molecule has 7 atom stereocenters. The Labute approximate surface area is 143 Å². The number of allylic oxidation sites excluding steroid dienone is 2. The Morgan fingerprint density at radius 3 is 2.62 bits per heavy atom. The Balaban J connectivity index is 1.79. The van der Waals surface area contributed by atoms with Crippen LogP contribution >= 0.6 is 0 Å². The summed E-state index contributed by atoms with van der Waals surface area (Å²) in [4.78, 5) is 24.5. The first-order valence-electron chi connectivity index (χ1n) is 9.31. The molecule has 2 nitrogen and oxygen atoms in total. The van der Waals surface area contributed by atoms with Gasteiger partial charge in [0.05, 0.1) is 0 Å². The second-order valence-electron chi connectivity index (χ2n) is 9.12. The summed E-state index contributed by atoms with van der Waals surface area (Å²) in [7, 11) is 0. The second kappa shape index (κ2) is 4.89. The highest BCUT2D eigenvalue weighted by molar-refractivity contribution is 5.93. The second-order valence-corrected chi connectivity index (χ2v) is 9.12. The fourth-order valence-corrected chi connectivity index (χ4v) is 6.66. The number of Topliss-reactive ketones (excluding diaryl/α,β-unsaturated/α-hetero) is 1. The van der Waals surface area contributed by atoms with Crippen molar-refractivity contribution in [1.82, 2.24) is 0 Å². The third-order valence-electron chi connectivity index (χ3n) is 8.18. The van der Waals surface area contributed by atoms with Gasteiger partial charge in [0, 0.05) is 11.8 Å².